The molecular weight excluding hydrogens is 556 g/mol. The topological polar surface area (TPSA) is 87.3 Å². The van der Waals surface area contributed by atoms with Gasteiger partial charge in [-0.05, 0) is 36.8 Å². The number of rotatable bonds is 7. The number of hydrogen-bond acceptors (Lipinski definition) is 3. The highest BCUT2D eigenvalue weighted by molar-refractivity contribution is 6.52. The average Bonchev–Trinajstić information content (AvgIpc) is 3.41. The van der Waals surface area contributed by atoms with Gasteiger partial charge in [-0.15, -0.1) is 23.2 Å². The molecule has 1 aliphatic rings. The maximum Gasteiger partial charge on any atom is 0.389 e. The summed E-state index contributed by atoms with van der Waals surface area (Å²) in [6.07, 6.45) is -5.91. The molecule has 14 heteroatoms. The Morgan fingerprint density at radius 3 is 2.31 bits per heavy atom. The third kappa shape index (κ3) is 6.77. The Hall–Kier alpha value is -2.63. The Labute approximate surface area is 216 Å². The SMILES string of the molecule is CC(CC(F)(F)F)C(=O)Nc1c(F)ccc(NC(=O)c2cc(NC(=O)C3CC3(Cl)Cl)ccc2Cl)c1F. The number of hydrogen-bond donors (Lipinski definition) is 3. The molecule has 194 valence electrons. The number of amides is 3. The molecule has 36 heavy (non-hydrogen) atoms. The Bertz CT molecular complexity index is 1220. The van der Waals surface area contributed by atoms with E-state index in [2.05, 4.69) is 10.6 Å². The summed E-state index contributed by atoms with van der Waals surface area (Å²) in [6.45, 7) is 0.946. The lowest BCUT2D eigenvalue weighted by Gasteiger charge is -2.16. The molecule has 3 amide bonds. The molecule has 3 N–H and O–H groups in total. The van der Waals surface area contributed by atoms with Gasteiger partial charge in [0.05, 0.1) is 28.6 Å². The summed E-state index contributed by atoms with van der Waals surface area (Å²) < 4.78 is 65.4. The number of benzene rings is 2. The second-order valence-corrected chi connectivity index (χ2v) is 10.1. The number of carbonyl (C=O) groups is 3. The molecule has 0 aliphatic heterocycles. The van der Waals surface area contributed by atoms with Crippen LogP contribution in [0.2, 0.25) is 5.02 Å². The summed E-state index contributed by atoms with van der Waals surface area (Å²) >= 11 is 17.8. The van der Waals surface area contributed by atoms with Crippen LogP contribution in [0.5, 0.6) is 0 Å². The number of halogens is 8. The summed E-state index contributed by atoms with van der Waals surface area (Å²) in [5.41, 5.74) is -1.65. The lowest BCUT2D eigenvalue weighted by Crippen LogP contribution is -2.26. The van der Waals surface area contributed by atoms with Crippen molar-refractivity contribution in [1.29, 1.82) is 0 Å². The molecule has 0 saturated heterocycles. The normalized spacial score (nSPS) is 17.2. The second-order valence-electron chi connectivity index (χ2n) is 8.15. The van der Waals surface area contributed by atoms with E-state index in [1.807, 2.05) is 0 Å². The van der Waals surface area contributed by atoms with Crippen LogP contribution in [0, 0.1) is 23.5 Å². The molecule has 0 radical (unpaired) electrons. The molecule has 0 bridgehead atoms. The van der Waals surface area contributed by atoms with Crippen molar-refractivity contribution in [3.05, 3.63) is 52.6 Å². The number of anilines is 3. The fourth-order valence-corrected chi connectivity index (χ4v) is 3.85. The van der Waals surface area contributed by atoms with E-state index in [4.69, 9.17) is 34.8 Å². The summed E-state index contributed by atoms with van der Waals surface area (Å²) in [4.78, 5) is 36.9. The van der Waals surface area contributed by atoms with Crippen molar-refractivity contribution in [3.8, 4) is 0 Å². The average molecular weight is 573 g/mol. The molecule has 2 aromatic rings. The highest BCUT2D eigenvalue weighted by atomic mass is 35.5. The highest BCUT2D eigenvalue weighted by Gasteiger charge is 2.56. The van der Waals surface area contributed by atoms with Gasteiger partial charge in [-0.2, -0.15) is 13.2 Å². The fourth-order valence-electron chi connectivity index (χ4n) is 3.14. The smallest absolute Gasteiger partial charge is 0.326 e. The van der Waals surface area contributed by atoms with Crippen LogP contribution in [0.15, 0.2) is 30.3 Å². The lowest BCUT2D eigenvalue weighted by molar-refractivity contribution is -0.150. The molecule has 1 fully saturated rings. The first-order valence-corrected chi connectivity index (χ1v) is 11.4. The Morgan fingerprint density at radius 1 is 1.08 bits per heavy atom. The zero-order chi connectivity index (χ0) is 27.0. The molecule has 2 unspecified atom stereocenters. The van der Waals surface area contributed by atoms with E-state index >= 15 is 0 Å². The van der Waals surface area contributed by atoms with Crippen molar-refractivity contribution in [2.24, 2.45) is 11.8 Å². The highest BCUT2D eigenvalue weighted by Crippen LogP contribution is 2.53. The molecule has 2 atom stereocenters. The molecule has 6 nitrogen and oxygen atoms in total. The molecular formula is C22H17Cl3F5N3O3. The van der Waals surface area contributed by atoms with Crippen molar-refractivity contribution >= 4 is 69.6 Å². The van der Waals surface area contributed by atoms with E-state index in [-0.39, 0.29) is 22.7 Å². The van der Waals surface area contributed by atoms with Gasteiger partial charge < -0.3 is 16.0 Å². The summed E-state index contributed by atoms with van der Waals surface area (Å²) in [5.74, 6) is -7.68. The van der Waals surface area contributed by atoms with Crippen LogP contribution < -0.4 is 16.0 Å². The van der Waals surface area contributed by atoms with E-state index in [1.165, 1.54) is 18.2 Å². The zero-order valence-electron chi connectivity index (χ0n) is 18.2. The minimum atomic E-state index is -4.66. The van der Waals surface area contributed by atoms with Crippen LogP contribution >= 0.6 is 34.8 Å². The van der Waals surface area contributed by atoms with Gasteiger partial charge in [0.1, 0.15) is 15.8 Å². The molecule has 2 aromatic carbocycles. The molecule has 1 aliphatic carbocycles. The molecule has 0 aromatic heterocycles. The van der Waals surface area contributed by atoms with Crippen LogP contribution in [0.3, 0.4) is 0 Å². The van der Waals surface area contributed by atoms with Gasteiger partial charge in [-0.3, -0.25) is 14.4 Å². The van der Waals surface area contributed by atoms with E-state index in [0.717, 1.165) is 13.0 Å². The van der Waals surface area contributed by atoms with E-state index < -0.39 is 69.5 Å². The number of carbonyl (C=O) groups excluding carboxylic acids is 3. The molecule has 0 heterocycles. The first-order valence-electron chi connectivity index (χ1n) is 10.2. The van der Waals surface area contributed by atoms with Crippen molar-refractivity contribution in [3.63, 3.8) is 0 Å². The van der Waals surface area contributed by atoms with Crippen LogP contribution in [0.4, 0.5) is 39.0 Å². The second kappa shape index (κ2) is 10.4. The Morgan fingerprint density at radius 2 is 1.72 bits per heavy atom. The molecule has 0 spiro atoms. The molecule has 1 saturated carbocycles. The van der Waals surface area contributed by atoms with Crippen molar-refractivity contribution in [1.82, 2.24) is 0 Å². The number of alkyl halides is 5. The lowest BCUT2D eigenvalue weighted by atomic mass is 10.1. The summed E-state index contributed by atoms with van der Waals surface area (Å²) in [6, 6.07) is 5.46. The maximum atomic E-state index is 14.9. The Balaban J connectivity index is 1.77. The van der Waals surface area contributed by atoms with Crippen LogP contribution in [-0.2, 0) is 9.59 Å². The first-order chi connectivity index (χ1) is 16.6. The molecule has 3 rings (SSSR count). The minimum absolute atomic E-state index is 0.0713. The minimum Gasteiger partial charge on any atom is -0.326 e. The number of nitrogens with one attached hydrogen (secondary N) is 3. The maximum absolute atomic E-state index is 14.9. The Kier molecular flexibility index (Phi) is 8.07. The van der Waals surface area contributed by atoms with E-state index in [1.54, 1.807) is 5.32 Å². The van der Waals surface area contributed by atoms with Gasteiger partial charge in [0.2, 0.25) is 11.8 Å². The quantitative estimate of drug-likeness (QED) is 0.260. The zero-order valence-corrected chi connectivity index (χ0v) is 20.5. The van der Waals surface area contributed by atoms with Crippen molar-refractivity contribution in [2.75, 3.05) is 16.0 Å². The van der Waals surface area contributed by atoms with Crippen LogP contribution in [0.25, 0.3) is 0 Å². The predicted molar refractivity (Wildman–Crippen MR) is 125 cm³/mol. The van der Waals surface area contributed by atoms with Gasteiger partial charge in [-0.1, -0.05) is 18.5 Å². The van der Waals surface area contributed by atoms with Gasteiger partial charge in [0.25, 0.3) is 5.91 Å². The van der Waals surface area contributed by atoms with Crippen LogP contribution in [0.1, 0.15) is 30.1 Å². The van der Waals surface area contributed by atoms with Crippen molar-refractivity contribution in [2.45, 2.75) is 30.3 Å². The fraction of sp³-hybridized carbons (Fsp3) is 0.318. The van der Waals surface area contributed by atoms with Gasteiger partial charge in [0.15, 0.2) is 5.82 Å². The van der Waals surface area contributed by atoms with Crippen molar-refractivity contribution < 1.29 is 36.3 Å². The third-order valence-electron chi connectivity index (χ3n) is 5.19. The summed E-state index contributed by atoms with van der Waals surface area (Å²) in [7, 11) is 0. The third-order valence-corrected chi connectivity index (χ3v) is 6.36. The van der Waals surface area contributed by atoms with E-state index in [9.17, 15) is 36.3 Å². The van der Waals surface area contributed by atoms with Gasteiger partial charge in [-0.25, -0.2) is 8.78 Å². The first kappa shape index (κ1) is 27.9. The predicted octanol–water partition coefficient (Wildman–Crippen LogP) is 6.53. The van der Waals surface area contributed by atoms with Gasteiger partial charge in [0, 0.05) is 11.6 Å². The standard InChI is InChI=1S/C22H17Cl3F5N3O3/c1-9(7-22(28,29)30)18(34)33-17-14(26)4-5-15(16(17)27)32-19(35)11-6-10(2-3-13(11)23)31-20(36)12-8-21(12,24)25/h2-6,9,12H,7-8H2,1H3,(H,31,36)(H,32,35)(H,33,34). The largest absolute Gasteiger partial charge is 0.389 e. The summed E-state index contributed by atoms with van der Waals surface area (Å²) in [5, 5.41) is 6.39. The van der Waals surface area contributed by atoms with E-state index in [0.29, 0.717) is 6.07 Å². The monoisotopic (exact) mass is 571 g/mol. The van der Waals surface area contributed by atoms with Gasteiger partial charge >= 0.3 is 6.18 Å². The van der Waals surface area contributed by atoms with Crippen LogP contribution in [-0.4, -0.2) is 28.2 Å².